The van der Waals surface area contributed by atoms with Crippen molar-refractivity contribution in [2.75, 3.05) is 11.1 Å². The van der Waals surface area contributed by atoms with E-state index in [0.717, 1.165) is 19.3 Å². The summed E-state index contributed by atoms with van der Waals surface area (Å²) in [5, 5.41) is 6.87. The molecule has 1 aromatic carbocycles. The average Bonchev–Trinajstić information content (AvgIpc) is 2.51. The van der Waals surface area contributed by atoms with Gasteiger partial charge in [0.15, 0.2) is 5.11 Å². The van der Waals surface area contributed by atoms with Gasteiger partial charge in [0.05, 0.1) is 21.1 Å². The van der Waals surface area contributed by atoms with Gasteiger partial charge in [-0.05, 0) is 80.6 Å². The van der Waals surface area contributed by atoms with Crippen LogP contribution in [0.5, 0.6) is 0 Å². The van der Waals surface area contributed by atoms with E-state index in [4.69, 9.17) is 41.2 Å². The fraction of sp³-hybridized carbons (Fsp3) is 0.556. The highest BCUT2D eigenvalue weighted by atomic mass is 35.5. The standard InChI is InChI=1S/C18H21Cl2N3OS/c19-13-4-12(5-14(20)15(13)21)22-17(25)23-16(24)18-6-9-1-10(7-18)3-11(2-9)8-18/h4-5,9-11H,1-3,6-8,21H2,(H2,22,23,24,25). The molecule has 4 nitrogen and oxygen atoms in total. The Labute approximate surface area is 162 Å². The number of nitrogens with two attached hydrogens (primary N) is 1. The first-order chi connectivity index (χ1) is 11.8. The lowest BCUT2D eigenvalue weighted by molar-refractivity contribution is -0.144. The van der Waals surface area contributed by atoms with Gasteiger partial charge in [0.1, 0.15) is 0 Å². The molecule has 7 heteroatoms. The molecule has 0 atom stereocenters. The lowest BCUT2D eigenvalue weighted by Gasteiger charge is -2.55. The molecule has 0 unspecified atom stereocenters. The first-order valence-corrected chi connectivity index (χ1v) is 9.88. The molecule has 0 aromatic heterocycles. The van der Waals surface area contributed by atoms with Crippen molar-refractivity contribution < 1.29 is 4.79 Å². The van der Waals surface area contributed by atoms with Gasteiger partial charge in [-0.1, -0.05) is 23.2 Å². The Morgan fingerprint density at radius 1 is 1.08 bits per heavy atom. The molecule has 4 fully saturated rings. The second-order valence-corrected chi connectivity index (χ2v) is 9.18. The number of hydrogen-bond donors (Lipinski definition) is 3. The fourth-order valence-electron chi connectivity index (χ4n) is 5.44. The highest BCUT2D eigenvalue weighted by Gasteiger charge is 2.54. The topological polar surface area (TPSA) is 67.2 Å². The molecule has 0 heterocycles. The highest BCUT2D eigenvalue weighted by Crippen LogP contribution is 2.60. The molecule has 0 saturated heterocycles. The van der Waals surface area contributed by atoms with Crippen molar-refractivity contribution in [3.63, 3.8) is 0 Å². The van der Waals surface area contributed by atoms with Gasteiger partial charge in [-0.2, -0.15) is 0 Å². The predicted molar refractivity (Wildman–Crippen MR) is 106 cm³/mol. The molecule has 1 aromatic rings. The summed E-state index contributed by atoms with van der Waals surface area (Å²) in [6.45, 7) is 0. The Morgan fingerprint density at radius 3 is 2.04 bits per heavy atom. The molecule has 4 bridgehead atoms. The molecule has 25 heavy (non-hydrogen) atoms. The molecule has 134 valence electrons. The van der Waals surface area contributed by atoms with Crippen LogP contribution in [0.4, 0.5) is 11.4 Å². The summed E-state index contributed by atoms with van der Waals surface area (Å²) in [5.41, 5.74) is 6.45. The maximum atomic E-state index is 13.0. The number of carbonyl (C=O) groups is 1. The zero-order valence-electron chi connectivity index (χ0n) is 13.8. The van der Waals surface area contributed by atoms with Crippen LogP contribution in [0.3, 0.4) is 0 Å². The van der Waals surface area contributed by atoms with Gasteiger partial charge in [0.2, 0.25) is 5.91 Å². The van der Waals surface area contributed by atoms with Crippen molar-refractivity contribution in [2.24, 2.45) is 23.2 Å². The number of benzene rings is 1. The van der Waals surface area contributed by atoms with E-state index in [2.05, 4.69) is 10.6 Å². The number of hydrogen-bond acceptors (Lipinski definition) is 3. The van der Waals surface area contributed by atoms with Crippen LogP contribution in [-0.4, -0.2) is 11.0 Å². The monoisotopic (exact) mass is 397 g/mol. The minimum Gasteiger partial charge on any atom is -0.396 e. The van der Waals surface area contributed by atoms with Crippen molar-refractivity contribution >= 4 is 57.8 Å². The van der Waals surface area contributed by atoms with Crippen LogP contribution < -0.4 is 16.4 Å². The van der Waals surface area contributed by atoms with Crippen molar-refractivity contribution in [1.29, 1.82) is 0 Å². The molecular formula is C18H21Cl2N3OS. The van der Waals surface area contributed by atoms with Crippen LogP contribution in [0, 0.1) is 23.2 Å². The summed E-state index contributed by atoms with van der Waals surface area (Å²) >= 11 is 17.4. The van der Waals surface area contributed by atoms with Gasteiger partial charge < -0.3 is 16.4 Å². The zero-order valence-corrected chi connectivity index (χ0v) is 16.1. The van der Waals surface area contributed by atoms with Crippen LogP contribution >= 0.6 is 35.4 Å². The molecule has 4 aliphatic carbocycles. The lowest BCUT2D eigenvalue weighted by Crippen LogP contribution is -2.55. The summed E-state index contributed by atoms with van der Waals surface area (Å²) < 4.78 is 0. The van der Waals surface area contributed by atoms with Crippen LogP contribution in [-0.2, 0) is 4.79 Å². The van der Waals surface area contributed by atoms with Gasteiger partial charge >= 0.3 is 0 Å². The third kappa shape index (κ3) is 3.22. The van der Waals surface area contributed by atoms with Crippen molar-refractivity contribution in [3.05, 3.63) is 22.2 Å². The van der Waals surface area contributed by atoms with E-state index in [9.17, 15) is 4.79 Å². The van der Waals surface area contributed by atoms with Gasteiger partial charge in [0, 0.05) is 5.69 Å². The minimum absolute atomic E-state index is 0.0664. The molecule has 4 saturated carbocycles. The van der Waals surface area contributed by atoms with Crippen LogP contribution in [0.2, 0.25) is 10.0 Å². The number of anilines is 2. The molecule has 1 amide bonds. The van der Waals surface area contributed by atoms with E-state index in [1.807, 2.05) is 0 Å². The van der Waals surface area contributed by atoms with E-state index < -0.39 is 0 Å². The quantitative estimate of drug-likeness (QED) is 0.503. The van der Waals surface area contributed by atoms with Crippen molar-refractivity contribution in [1.82, 2.24) is 5.32 Å². The summed E-state index contributed by atoms with van der Waals surface area (Å²) in [5.74, 6) is 2.21. The van der Waals surface area contributed by atoms with E-state index >= 15 is 0 Å². The first kappa shape index (κ1) is 17.4. The van der Waals surface area contributed by atoms with Crippen LogP contribution in [0.15, 0.2) is 12.1 Å². The maximum Gasteiger partial charge on any atom is 0.232 e. The molecule has 0 aliphatic heterocycles. The first-order valence-electron chi connectivity index (χ1n) is 8.71. The fourth-order valence-corrected chi connectivity index (χ4v) is 6.14. The van der Waals surface area contributed by atoms with Gasteiger partial charge in [-0.3, -0.25) is 4.79 Å². The Bertz CT molecular complexity index is 694. The number of nitrogens with one attached hydrogen (secondary N) is 2. The largest absolute Gasteiger partial charge is 0.396 e. The lowest BCUT2D eigenvalue weighted by atomic mass is 9.49. The molecule has 4 N–H and O–H groups in total. The predicted octanol–water partition coefficient (Wildman–Crippen LogP) is 4.61. The normalized spacial score (nSPS) is 32.5. The third-order valence-electron chi connectivity index (χ3n) is 6.08. The number of rotatable bonds is 2. The second kappa shape index (κ2) is 6.29. The third-order valence-corrected chi connectivity index (χ3v) is 6.91. The number of halogens is 2. The number of amides is 1. The smallest absolute Gasteiger partial charge is 0.232 e. The van der Waals surface area contributed by atoms with Crippen molar-refractivity contribution in [2.45, 2.75) is 38.5 Å². The van der Waals surface area contributed by atoms with E-state index in [0.29, 0.717) is 39.2 Å². The summed E-state index contributed by atoms with van der Waals surface area (Å²) in [7, 11) is 0. The maximum absolute atomic E-state index is 13.0. The Morgan fingerprint density at radius 2 is 1.56 bits per heavy atom. The van der Waals surface area contributed by atoms with E-state index in [1.165, 1.54) is 19.3 Å². The van der Waals surface area contributed by atoms with Gasteiger partial charge in [-0.25, -0.2) is 0 Å². The van der Waals surface area contributed by atoms with Crippen LogP contribution in [0.1, 0.15) is 38.5 Å². The Kier molecular flexibility index (Phi) is 4.37. The molecular weight excluding hydrogens is 377 g/mol. The van der Waals surface area contributed by atoms with Crippen LogP contribution in [0.25, 0.3) is 0 Å². The minimum atomic E-state index is -0.225. The number of thiocarbonyl (C=S) groups is 1. The molecule has 0 spiro atoms. The summed E-state index contributed by atoms with van der Waals surface area (Å²) in [6, 6.07) is 3.29. The summed E-state index contributed by atoms with van der Waals surface area (Å²) in [6.07, 6.45) is 6.93. The SMILES string of the molecule is Nc1c(Cl)cc(NC(=S)NC(=O)C23CC4CC(CC(C4)C2)C3)cc1Cl. The zero-order chi connectivity index (χ0) is 17.8. The number of carbonyl (C=O) groups excluding carboxylic acids is 1. The average molecular weight is 398 g/mol. The molecule has 5 rings (SSSR count). The Hall–Kier alpha value is -1.04. The van der Waals surface area contributed by atoms with E-state index in [1.54, 1.807) is 12.1 Å². The van der Waals surface area contributed by atoms with Gasteiger partial charge in [-0.15, -0.1) is 0 Å². The second-order valence-electron chi connectivity index (χ2n) is 7.96. The van der Waals surface area contributed by atoms with E-state index in [-0.39, 0.29) is 16.4 Å². The Balaban J connectivity index is 1.44. The highest BCUT2D eigenvalue weighted by molar-refractivity contribution is 7.80. The molecule has 0 radical (unpaired) electrons. The van der Waals surface area contributed by atoms with Crippen molar-refractivity contribution in [3.8, 4) is 0 Å². The van der Waals surface area contributed by atoms with Gasteiger partial charge in [0.25, 0.3) is 0 Å². The number of nitrogen functional groups attached to an aromatic ring is 1. The molecule has 4 aliphatic rings. The summed E-state index contributed by atoms with van der Waals surface area (Å²) in [4.78, 5) is 13.0.